The van der Waals surface area contributed by atoms with Crippen molar-refractivity contribution >= 4 is 18.1 Å². The van der Waals surface area contributed by atoms with Gasteiger partial charge in [-0.2, -0.15) is 5.10 Å². The quantitative estimate of drug-likeness (QED) is 0.233. The van der Waals surface area contributed by atoms with E-state index in [2.05, 4.69) is 10.5 Å². The molecule has 0 atom stereocenters. The number of methoxy groups -OCH3 is 3. The van der Waals surface area contributed by atoms with E-state index in [9.17, 15) is 9.59 Å². The maximum Gasteiger partial charge on any atom is 0.343 e. The Balaban J connectivity index is 1.59. The van der Waals surface area contributed by atoms with Crippen molar-refractivity contribution in [2.75, 3.05) is 21.3 Å². The fourth-order valence-electron chi connectivity index (χ4n) is 2.99. The van der Waals surface area contributed by atoms with Gasteiger partial charge in [0, 0.05) is 0 Å². The number of rotatable bonds is 9. The molecule has 1 amide bonds. The first-order valence-electron chi connectivity index (χ1n) is 10.0. The van der Waals surface area contributed by atoms with Gasteiger partial charge < -0.3 is 18.9 Å². The summed E-state index contributed by atoms with van der Waals surface area (Å²) in [6.45, 7) is 0. The highest BCUT2D eigenvalue weighted by Crippen LogP contribution is 2.38. The molecule has 0 aliphatic heterocycles. The summed E-state index contributed by atoms with van der Waals surface area (Å²) < 4.78 is 21.2. The van der Waals surface area contributed by atoms with E-state index >= 15 is 0 Å². The van der Waals surface area contributed by atoms with Crippen molar-refractivity contribution in [2.24, 2.45) is 5.10 Å². The molecule has 0 bridgehead atoms. The lowest BCUT2D eigenvalue weighted by atomic mass is 10.1. The molecule has 8 nitrogen and oxygen atoms in total. The number of benzene rings is 3. The van der Waals surface area contributed by atoms with Gasteiger partial charge in [0.2, 0.25) is 11.7 Å². The average molecular weight is 448 g/mol. The number of carbonyl (C=O) groups is 2. The van der Waals surface area contributed by atoms with Gasteiger partial charge in [0.05, 0.1) is 39.5 Å². The molecule has 0 unspecified atom stereocenters. The molecule has 0 fully saturated rings. The molecule has 170 valence electrons. The molecule has 0 aromatic heterocycles. The highest BCUT2D eigenvalue weighted by molar-refractivity contribution is 5.93. The number of carbonyl (C=O) groups excluding carboxylic acids is 2. The van der Waals surface area contributed by atoms with Gasteiger partial charge >= 0.3 is 5.97 Å². The highest BCUT2D eigenvalue weighted by Gasteiger charge is 2.18. The van der Waals surface area contributed by atoms with Crippen LogP contribution in [-0.2, 0) is 11.2 Å². The smallest absolute Gasteiger partial charge is 0.343 e. The van der Waals surface area contributed by atoms with Crippen LogP contribution in [0.5, 0.6) is 23.0 Å². The normalized spacial score (nSPS) is 10.5. The zero-order valence-electron chi connectivity index (χ0n) is 18.5. The number of hydrogen-bond acceptors (Lipinski definition) is 7. The van der Waals surface area contributed by atoms with Gasteiger partial charge in [-0.25, -0.2) is 10.2 Å². The Bertz CT molecular complexity index is 1100. The maximum atomic E-state index is 12.6. The van der Waals surface area contributed by atoms with Gasteiger partial charge in [0.15, 0.2) is 11.5 Å². The monoisotopic (exact) mass is 448 g/mol. The SMILES string of the molecule is COc1cc(C(=O)Oc2ccc(/C=N/NC(=O)Cc3ccccc3)cc2)cc(OC)c1OC. The first kappa shape index (κ1) is 23.3. The summed E-state index contributed by atoms with van der Waals surface area (Å²) in [4.78, 5) is 24.5. The van der Waals surface area contributed by atoms with Gasteiger partial charge in [0.25, 0.3) is 0 Å². The lowest BCUT2D eigenvalue weighted by molar-refractivity contribution is -0.120. The van der Waals surface area contributed by atoms with Crippen LogP contribution in [0.4, 0.5) is 0 Å². The van der Waals surface area contributed by atoms with Crippen molar-refractivity contribution in [3.8, 4) is 23.0 Å². The molecule has 3 aromatic rings. The molecule has 33 heavy (non-hydrogen) atoms. The largest absolute Gasteiger partial charge is 0.493 e. The molecule has 3 rings (SSSR count). The van der Waals surface area contributed by atoms with Crippen molar-refractivity contribution in [3.63, 3.8) is 0 Å². The number of nitrogens with one attached hydrogen (secondary N) is 1. The van der Waals surface area contributed by atoms with Gasteiger partial charge in [-0.3, -0.25) is 4.79 Å². The second-order valence-corrected chi connectivity index (χ2v) is 6.83. The molecular weight excluding hydrogens is 424 g/mol. The van der Waals surface area contributed by atoms with Crippen LogP contribution in [0, 0.1) is 0 Å². The van der Waals surface area contributed by atoms with Crippen molar-refractivity contribution in [1.29, 1.82) is 0 Å². The van der Waals surface area contributed by atoms with Crippen LogP contribution in [-0.4, -0.2) is 39.4 Å². The second kappa shape index (κ2) is 11.3. The molecular formula is C25H24N2O6. The van der Waals surface area contributed by atoms with Crippen LogP contribution < -0.4 is 24.4 Å². The summed E-state index contributed by atoms with van der Waals surface area (Å²) in [7, 11) is 4.42. The third kappa shape index (κ3) is 6.33. The van der Waals surface area contributed by atoms with Gasteiger partial charge in [-0.15, -0.1) is 0 Å². The van der Waals surface area contributed by atoms with E-state index in [1.165, 1.54) is 39.7 Å². The highest BCUT2D eigenvalue weighted by atomic mass is 16.5. The van der Waals surface area contributed by atoms with Gasteiger partial charge in [0.1, 0.15) is 5.75 Å². The molecule has 0 heterocycles. The first-order chi connectivity index (χ1) is 16.0. The van der Waals surface area contributed by atoms with Crippen LogP contribution in [0.3, 0.4) is 0 Å². The summed E-state index contributed by atoms with van der Waals surface area (Å²) in [6, 6.07) is 19.1. The van der Waals surface area contributed by atoms with Gasteiger partial charge in [-0.05, 0) is 47.5 Å². The molecule has 0 spiro atoms. The van der Waals surface area contributed by atoms with E-state index < -0.39 is 5.97 Å². The lowest BCUT2D eigenvalue weighted by Gasteiger charge is -2.13. The van der Waals surface area contributed by atoms with E-state index in [1.807, 2.05) is 30.3 Å². The predicted molar refractivity (Wildman–Crippen MR) is 123 cm³/mol. The molecule has 0 aliphatic rings. The summed E-state index contributed by atoms with van der Waals surface area (Å²) in [5, 5.41) is 3.96. The predicted octanol–water partition coefficient (Wildman–Crippen LogP) is 3.62. The Morgan fingerprint density at radius 3 is 2.09 bits per heavy atom. The minimum Gasteiger partial charge on any atom is -0.493 e. The summed E-state index contributed by atoms with van der Waals surface area (Å²) >= 11 is 0. The van der Waals surface area contributed by atoms with Crippen molar-refractivity contribution in [3.05, 3.63) is 83.4 Å². The second-order valence-electron chi connectivity index (χ2n) is 6.83. The fraction of sp³-hybridized carbons (Fsp3) is 0.160. The van der Waals surface area contributed by atoms with E-state index in [0.717, 1.165) is 11.1 Å². The van der Waals surface area contributed by atoms with Crippen LogP contribution in [0.2, 0.25) is 0 Å². The van der Waals surface area contributed by atoms with E-state index in [-0.39, 0.29) is 17.9 Å². The topological polar surface area (TPSA) is 95.5 Å². The third-order valence-electron chi connectivity index (χ3n) is 4.60. The Morgan fingerprint density at radius 2 is 1.52 bits per heavy atom. The molecule has 0 aliphatic carbocycles. The van der Waals surface area contributed by atoms with E-state index in [1.54, 1.807) is 24.3 Å². The van der Waals surface area contributed by atoms with E-state index in [0.29, 0.717) is 23.0 Å². The molecule has 0 saturated carbocycles. The maximum absolute atomic E-state index is 12.6. The van der Waals surface area contributed by atoms with Crippen LogP contribution >= 0.6 is 0 Å². The van der Waals surface area contributed by atoms with Crippen LogP contribution in [0.1, 0.15) is 21.5 Å². The molecule has 8 heteroatoms. The fourth-order valence-corrected chi connectivity index (χ4v) is 2.99. The van der Waals surface area contributed by atoms with Gasteiger partial charge in [-0.1, -0.05) is 30.3 Å². The zero-order valence-corrected chi connectivity index (χ0v) is 18.5. The molecule has 0 saturated heterocycles. The molecule has 3 aromatic carbocycles. The lowest BCUT2D eigenvalue weighted by Crippen LogP contribution is -2.19. The first-order valence-corrected chi connectivity index (χ1v) is 10.0. The number of nitrogens with zero attached hydrogens (tertiary/aromatic N) is 1. The minimum absolute atomic E-state index is 0.214. The zero-order chi connectivity index (χ0) is 23.6. The third-order valence-corrected chi connectivity index (χ3v) is 4.60. The van der Waals surface area contributed by atoms with Crippen molar-refractivity contribution < 1.29 is 28.5 Å². The standard InChI is InChI=1S/C25H24N2O6/c1-30-21-14-19(15-22(31-2)24(21)32-3)25(29)33-20-11-9-18(10-12-20)16-26-27-23(28)13-17-7-5-4-6-8-17/h4-12,14-16H,13H2,1-3H3,(H,27,28)/b26-16+. The minimum atomic E-state index is -0.580. The Morgan fingerprint density at radius 1 is 0.879 bits per heavy atom. The Labute approximate surface area is 191 Å². The van der Waals surface area contributed by atoms with Crippen molar-refractivity contribution in [1.82, 2.24) is 5.43 Å². The molecule has 0 radical (unpaired) electrons. The molecule has 1 N–H and O–H groups in total. The average Bonchev–Trinajstić information content (AvgIpc) is 2.84. The number of esters is 1. The Kier molecular flexibility index (Phi) is 8.02. The Hall–Kier alpha value is -4.33. The van der Waals surface area contributed by atoms with Crippen molar-refractivity contribution in [2.45, 2.75) is 6.42 Å². The summed E-state index contributed by atoms with van der Waals surface area (Å²) in [5.74, 6) is 0.640. The van der Waals surface area contributed by atoms with Crippen LogP contribution in [0.25, 0.3) is 0 Å². The summed E-state index contributed by atoms with van der Waals surface area (Å²) in [6.07, 6.45) is 1.75. The van der Waals surface area contributed by atoms with Crippen LogP contribution in [0.15, 0.2) is 71.8 Å². The number of hydrogen-bond donors (Lipinski definition) is 1. The number of ether oxygens (including phenoxy) is 4. The van der Waals surface area contributed by atoms with E-state index in [4.69, 9.17) is 18.9 Å². The summed E-state index contributed by atoms with van der Waals surface area (Å²) in [5.41, 5.74) is 4.37. The number of amides is 1. The number of hydrazone groups is 1.